The molecule has 3 aromatic rings. The van der Waals surface area contributed by atoms with Gasteiger partial charge in [0.1, 0.15) is 24.6 Å². The van der Waals surface area contributed by atoms with E-state index >= 15 is 0 Å². The van der Waals surface area contributed by atoms with E-state index in [1.165, 1.54) is 17.2 Å². The number of aliphatic hydroxyl groups is 3. The lowest BCUT2D eigenvalue weighted by Gasteiger charge is -2.17. The van der Waals surface area contributed by atoms with Gasteiger partial charge < -0.3 is 31.1 Å². The average molecular weight is 400 g/mol. The van der Waals surface area contributed by atoms with Crippen LogP contribution in [0.2, 0.25) is 0 Å². The van der Waals surface area contributed by atoms with Crippen LogP contribution in [0.1, 0.15) is 30.3 Å². The Bertz CT molecular complexity index is 978. The molecule has 1 fully saturated rings. The van der Waals surface area contributed by atoms with Crippen molar-refractivity contribution in [3.63, 3.8) is 0 Å². The number of aliphatic hydroxyl groups excluding tert-OH is 3. The highest BCUT2D eigenvalue weighted by atomic mass is 16.6. The lowest BCUT2D eigenvalue weighted by Crippen LogP contribution is -2.33. The molecule has 10 nitrogen and oxygen atoms in total. The smallest absolute Gasteiger partial charge is 0.167 e. The largest absolute Gasteiger partial charge is 0.394 e. The van der Waals surface area contributed by atoms with Crippen LogP contribution in [0.5, 0.6) is 0 Å². The van der Waals surface area contributed by atoms with Gasteiger partial charge in [-0.3, -0.25) is 4.57 Å². The summed E-state index contributed by atoms with van der Waals surface area (Å²) in [5, 5.41) is 32.9. The maximum Gasteiger partial charge on any atom is 0.167 e. The fraction of sp³-hybridized carbons (Fsp3) is 0.421. The molecular weight excluding hydrogens is 376 g/mol. The molecule has 0 bridgehead atoms. The van der Waals surface area contributed by atoms with Crippen LogP contribution in [0.3, 0.4) is 0 Å². The van der Waals surface area contributed by atoms with Crippen LogP contribution >= 0.6 is 0 Å². The first-order chi connectivity index (χ1) is 14.0. The zero-order chi connectivity index (χ0) is 20.5. The molecule has 1 unspecified atom stereocenters. The maximum absolute atomic E-state index is 10.3. The summed E-state index contributed by atoms with van der Waals surface area (Å²) in [6, 6.07) is 7.95. The summed E-state index contributed by atoms with van der Waals surface area (Å²) >= 11 is 0. The number of nitrogens with zero attached hydrogens (tertiary/aromatic N) is 4. The van der Waals surface area contributed by atoms with Crippen LogP contribution in [-0.4, -0.2) is 59.8 Å². The lowest BCUT2D eigenvalue weighted by molar-refractivity contribution is -0.0511. The van der Waals surface area contributed by atoms with E-state index in [-0.39, 0.29) is 6.04 Å². The Balaban J connectivity index is 1.60. The molecule has 10 heteroatoms. The molecule has 4 rings (SSSR count). The van der Waals surface area contributed by atoms with Crippen molar-refractivity contribution in [2.75, 3.05) is 11.9 Å². The van der Waals surface area contributed by atoms with E-state index in [1.807, 2.05) is 31.2 Å². The lowest BCUT2D eigenvalue weighted by atomic mass is 10.1. The van der Waals surface area contributed by atoms with E-state index in [0.717, 1.165) is 11.1 Å². The molecule has 0 amide bonds. The molecule has 1 saturated heterocycles. The predicted octanol–water partition coefficient (Wildman–Crippen LogP) is 0.0696. The molecule has 1 aliphatic heterocycles. The topological polar surface area (TPSA) is 152 Å². The van der Waals surface area contributed by atoms with Gasteiger partial charge in [0.25, 0.3) is 0 Å². The fourth-order valence-electron chi connectivity index (χ4n) is 3.48. The average Bonchev–Trinajstić information content (AvgIpc) is 3.30. The molecule has 1 aromatic carbocycles. The van der Waals surface area contributed by atoms with E-state index in [1.54, 1.807) is 0 Å². The van der Waals surface area contributed by atoms with E-state index in [2.05, 4.69) is 20.3 Å². The van der Waals surface area contributed by atoms with Crippen molar-refractivity contribution in [3.05, 3.63) is 48.0 Å². The van der Waals surface area contributed by atoms with Gasteiger partial charge in [-0.2, -0.15) is 0 Å². The molecule has 5 atom stereocenters. The fourth-order valence-corrected chi connectivity index (χ4v) is 3.48. The van der Waals surface area contributed by atoms with Gasteiger partial charge in [0.2, 0.25) is 0 Å². The number of rotatable bonds is 6. The summed E-state index contributed by atoms with van der Waals surface area (Å²) in [6.07, 6.45) is -1.31. The Morgan fingerprint density at radius 3 is 2.59 bits per heavy atom. The zero-order valence-electron chi connectivity index (χ0n) is 15.9. The Labute approximate surface area is 167 Å². The van der Waals surface area contributed by atoms with Gasteiger partial charge in [0.15, 0.2) is 23.2 Å². The molecule has 0 radical (unpaired) electrons. The summed E-state index contributed by atoms with van der Waals surface area (Å²) < 4.78 is 7.12. The second-order valence-corrected chi connectivity index (χ2v) is 7.09. The predicted molar refractivity (Wildman–Crippen MR) is 105 cm³/mol. The summed E-state index contributed by atoms with van der Waals surface area (Å²) in [4.78, 5) is 12.9. The number of fused-ring (bicyclic) bond motifs is 1. The Hall–Kier alpha value is -2.63. The minimum absolute atomic E-state index is 0.0426. The molecule has 0 saturated carbocycles. The quantitative estimate of drug-likeness (QED) is 0.387. The molecule has 154 valence electrons. The van der Waals surface area contributed by atoms with Crippen molar-refractivity contribution in [2.45, 2.75) is 44.1 Å². The van der Waals surface area contributed by atoms with Gasteiger partial charge in [0, 0.05) is 6.54 Å². The SMILES string of the molecule is CC(Nc1ncnc2c1ncn2[C@@H]1O[C@H](CO)[C@@H](O)[C@H]1O)c1ccc(CN)cc1. The zero-order valence-corrected chi connectivity index (χ0v) is 15.9. The van der Waals surface area contributed by atoms with E-state index in [9.17, 15) is 15.3 Å². The second-order valence-electron chi connectivity index (χ2n) is 7.09. The van der Waals surface area contributed by atoms with Crippen molar-refractivity contribution in [3.8, 4) is 0 Å². The third-order valence-electron chi connectivity index (χ3n) is 5.22. The van der Waals surface area contributed by atoms with Crippen molar-refractivity contribution in [2.24, 2.45) is 5.73 Å². The van der Waals surface area contributed by atoms with Gasteiger partial charge in [-0.1, -0.05) is 24.3 Å². The highest BCUT2D eigenvalue weighted by Gasteiger charge is 2.44. The van der Waals surface area contributed by atoms with Gasteiger partial charge in [-0.25, -0.2) is 15.0 Å². The summed E-state index contributed by atoms with van der Waals surface area (Å²) in [7, 11) is 0. The molecule has 0 spiro atoms. The number of benzene rings is 1. The number of anilines is 1. The number of hydrogen-bond acceptors (Lipinski definition) is 9. The second kappa shape index (κ2) is 8.01. The molecule has 2 aromatic heterocycles. The summed E-state index contributed by atoms with van der Waals surface area (Å²) in [5.74, 6) is 0.538. The minimum Gasteiger partial charge on any atom is -0.394 e. The highest BCUT2D eigenvalue weighted by molar-refractivity contribution is 5.82. The normalized spacial score (nSPS) is 25.4. The van der Waals surface area contributed by atoms with Crippen molar-refractivity contribution in [1.29, 1.82) is 0 Å². The molecule has 3 heterocycles. The number of nitrogens with one attached hydrogen (secondary N) is 1. The van der Waals surface area contributed by atoms with E-state index in [0.29, 0.717) is 23.5 Å². The maximum atomic E-state index is 10.3. The van der Waals surface area contributed by atoms with Crippen molar-refractivity contribution < 1.29 is 20.1 Å². The monoisotopic (exact) mass is 400 g/mol. The first-order valence-electron chi connectivity index (χ1n) is 9.39. The number of nitrogens with two attached hydrogens (primary N) is 1. The Kier molecular flexibility index (Phi) is 5.43. The molecule has 6 N–H and O–H groups in total. The molecular formula is C19H24N6O4. The summed E-state index contributed by atoms with van der Waals surface area (Å²) in [6.45, 7) is 2.10. The standard InChI is InChI=1S/C19H24N6O4/c1-10(12-4-2-11(6-20)3-5-12)24-17-14-18(22-8-21-17)25(9-23-14)19-16(28)15(27)13(7-26)29-19/h2-5,8-10,13,15-16,19,26-28H,6-7,20H2,1H3,(H,21,22,24)/t10?,13-,15-,16-,19-/m1/s1. The van der Waals surface area contributed by atoms with Crippen LogP contribution in [0.25, 0.3) is 11.2 Å². The minimum atomic E-state index is -1.21. The van der Waals surface area contributed by atoms with Crippen LogP contribution in [0.15, 0.2) is 36.9 Å². The molecule has 0 aliphatic carbocycles. The Morgan fingerprint density at radius 2 is 1.93 bits per heavy atom. The first-order valence-corrected chi connectivity index (χ1v) is 9.39. The number of aromatic nitrogens is 4. The molecule has 1 aliphatic rings. The summed E-state index contributed by atoms with van der Waals surface area (Å²) in [5.41, 5.74) is 8.73. The van der Waals surface area contributed by atoms with Gasteiger partial charge in [-0.15, -0.1) is 0 Å². The number of imidazole rings is 1. The third kappa shape index (κ3) is 3.56. The first kappa shape index (κ1) is 19.7. The van der Waals surface area contributed by atoms with Crippen molar-refractivity contribution in [1.82, 2.24) is 19.5 Å². The van der Waals surface area contributed by atoms with Crippen LogP contribution in [0, 0.1) is 0 Å². The Morgan fingerprint density at radius 1 is 1.17 bits per heavy atom. The molecule has 29 heavy (non-hydrogen) atoms. The van der Waals surface area contributed by atoms with Gasteiger partial charge in [0.05, 0.1) is 19.0 Å². The van der Waals surface area contributed by atoms with Crippen LogP contribution < -0.4 is 11.1 Å². The third-order valence-corrected chi connectivity index (χ3v) is 5.22. The van der Waals surface area contributed by atoms with Crippen LogP contribution in [-0.2, 0) is 11.3 Å². The van der Waals surface area contributed by atoms with E-state index < -0.39 is 31.1 Å². The van der Waals surface area contributed by atoms with E-state index in [4.69, 9.17) is 10.5 Å². The van der Waals surface area contributed by atoms with Gasteiger partial charge in [-0.05, 0) is 18.1 Å². The van der Waals surface area contributed by atoms with Crippen LogP contribution in [0.4, 0.5) is 5.82 Å². The highest BCUT2D eigenvalue weighted by Crippen LogP contribution is 2.32. The number of hydrogen-bond donors (Lipinski definition) is 5. The van der Waals surface area contributed by atoms with Crippen molar-refractivity contribution >= 4 is 17.0 Å². The van der Waals surface area contributed by atoms with Gasteiger partial charge >= 0.3 is 0 Å². The number of ether oxygens (including phenoxy) is 1.